The first-order valence-electron chi connectivity index (χ1n) is 10.2. The summed E-state index contributed by atoms with van der Waals surface area (Å²) in [6.45, 7) is 2.33. The summed E-state index contributed by atoms with van der Waals surface area (Å²) in [5, 5.41) is 0. The summed E-state index contributed by atoms with van der Waals surface area (Å²) in [4.78, 5) is 30.2. The molecule has 4 nitrogen and oxygen atoms in total. The van der Waals surface area contributed by atoms with Gasteiger partial charge in [-0.2, -0.15) is 0 Å². The molecule has 0 N–H and O–H groups in total. The highest BCUT2D eigenvalue weighted by Crippen LogP contribution is 2.21. The third kappa shape index (κ3) is 4.41. The third-order valence-electron chi connectivity index (χ3n) is 5.44. The lowest BCUT2D eigenvalue weighted by Crippen LogP contribution is -2.37. The normalized spacial score (nSPS) is 14.3. The second kappa shape index (κ2) is 9.18. The van der Waals surface area contributed by atoms with Crippen molar-refractivity contribution in [2.75, 3.05) is 26.2 Å². The number of carbonyl (C=O) groups is 2. The van der Waals surface area contributed by atoms with Gasteiger partial charge in [0, 0.05) is 36.6 Å². The molecule has 0 aromatic heterocycles. The number of thiol groups is 1. The summed E-state index contributed by atoms with van der Waals surface area (Å²) < 4.78 is 0. The van der Waals surface area contributed by atoms with Crippen LogP contribution in [0.25, 0.3) is 11.1 Å². The number of hydrogen-bond donors (Lipinski definition) is 1. The van der Waals surface area contributed by atoms with Gasteiger partial charge in [-0.25, -0.2) is 0 Å². The molecule has 1 heterocycles. The second-order valence-corrected chi connectivity index (χ2v) is 7.88. The highest BCUT2D eigenvalue weighted by molar-refractivity contribution is 7.80. The zero-order valence-electron chi connectivity index (χ0n) is 16.7. The Bertz CT molecular complexity index is 1030. The van der Waals surface area contributed by atoms with Gasteiger partial charge in [-0.1, -0.05) is 54.6 Å². The summed E-state index contributed by atoms with van der Waals surface area (Å²) in [5.74, 6) is -0.0133. The zero-order chi connectivity index (χ0) is 20.9. The van der Waals surface area contributed by atoms with Gasteiger partial charge in [0.15, 0.2) is 0 Å². The molecule has 5 heteroatoms. The Morgan fingerprint density at radius 3 is 1.87 bits per heavy atom. The Morgan fingerprint density at radius 1 is 0.633 bits per heavy atom. The quantitative estimate of drug-likeness (QED) is 0.633. The van der Waals surface area contributed by atoms with Crippen molar-refractivity contribution in [2.45, 2.75) is 11.3 Å². The highest BCUT2D eigenvalue weighted by atomic mass is 32.1. The van der Waals surface area contributed by atoms with Crippen LogP contribution in [-0.2, 0) is 0 Å². The molecule has 3 aromatic carbocycles. The Hall–Kier alpha value is -3.05. The van der Waals surface area contributed by atoms with Crippen LogP contribution in [0.2, 0.25) is 0 Å². The van der Waals surface area contributed by atoms with E-state index in [4.69, 9.17) is 0 Å². The monoisotopic (exact) mass is 416 g/mol. The number of amides is 2. The smallest absolute Gasteiger partial charge is 0.255 e. The molecule has 0 bridgehead atoms. The first-order valence-corrected chi connectivity index (χ1v) is 10.6. The van der Waals surface area contributed by atoms with Crippen molar-refractivity contribution in [3.8, 4) is 11.1 Å². The van der Waals surface area contributed by atoms with Gasteiger partial charge in [0.1, 0.15) is 0 Å². The Labute approximate surface area is 182 Å². The van der Waals surface area contributed by atoms with Crippen LogP contribution in [0.3, 0.4) is 0 Å². The molecule has 4 rings (SSSR count). The fourth-order valence-corrected chi connectivity index (χ4v) is 4.02. The van der Waals surface area contributed by atoms with Crippen LogP contribution in [0.1, 0.15) is 27.1 Å². The molecule has 30 heavy (non-hydrogen) atoms. The number of carbonyl (C=O) groups excluding carboxylic acids is 2. The molecule has 1 fully saturated rings. The zero-order valence-corrected chi connectivity index (χ0v) is 17.6. The van der Waals surface area contributed by atoms with Crippen molar-refractivity contribution >= 4 is 24.4 Å². The van der Waals surface area contributed by atoms with E-state index in [1.807, 2.05) is 70.5 Å². The topological polar surface area (TPSA) is 40.6 Å². The molecule has 1 aliphatic rings. The van der Waals surface area contributed by atoms with Gasteiger partial charge in [0.25, 0.3) is 11.8 Å². The lowest BCUT2D eigenvalue weighted by Gasteiger charge is -2.23. The summed E-state index contributed by atoms with van der Waals surface area (Å²) in [7, 11) is 0. The number of benzene rings is 3. The number of rotatable bonds is 3. The lowest BCUT2D eigenvalue weighted by atomic mass is 10.0. The third-order valence-corrected chi connectivity index (χ3v) is 5.83. The van der Waals surface area contributed by atoms with E-state index in [1.165, 1.54) is 0 Å². The van der Waals surface area contributed by atoms with Crippen molar-refractivity contribution in [2.24, 2.45) is 0 Å². The van der Waals surface area contributed by atoms with Gasteiger partial charge >= 0.3 is 0 Å². The number of hydrogen-bond acceptors (Lipinski definition) is 3. The van der Waals surface area contributed by atoms with Crippen LogP contribution in [0, 0.1) is 0 Å². The molecule has 0 unspecified atom stereocenters. The maximum atomic E-state index is 13.0. The second-order valence-electron chi connectivity index (χ2n) is 7.40. The van der Waals surface area contributed by atoms with Crippen LogP contribution >= 0.6 is 12.6 Å². The van der Waals surface area contributed by atoms with Crippen molar-refractivity contribution in [3.63, 3.8) is 0 Å². The van der Waals surface area contributed by atoms with Crippen LogP contribution in [0.15, 0.2) is 83.8 Å². The lowest BCUT2D eigenvalue weighted by molar-refractivity contribution is 0.0717. The SMILES string of the molecule is O=C(c1ccc(-c2ccccc2)cc1)N1CCCN(C(=O)c2ccccc2S)CC1. The van der Waals surface area contributed by atoms with Gasteiger partial charge in [0.05, 0.1) is 5.56 Å². The van der Waals surface area contributed by atoms with E-state index in [0.717, 1.165) is 17.5 Å². The average molecular weight is 417 g/mol. The van der Waals surface area contributed by atoms with Crippen LogP contribution < -0.4 is 0 Å². The predicted molar refractivity (Wildman–Crippen MR) is 122 cm³/mol. The van der Waals surface area contributed by atoms with Gasteiger partial charge in [-0.05, 0) is 41.8 Å². The van der Waals surface area contributed by atoms with E-state index in [-0.39, 0.29) is 11.8 Å². The molecule has 1 aliphatic heterocycles. The Balaban J connectivity index is 1.42. The van der Waals surface area contributed by atoms with Crippen molar-refractivity contribution in [3.05, 3.63) is 90.0 Å². The fraction of sp³-hybridized carbons (Fsp3) is 0.200. The molecule has 0 spiro atoms. The maximum absolute atomic E-state index is 13.0. The van der Waals surface area contributed by atoms with E-state index >= 15 is 0 Å². The van der Waals surface area contributed by atoms with Crippen LogP contribution in [0.4, 0.5) is 0 Å². The molecule has 3 aromatic rings. The van der Waals surface area contributed by atoms with E-state index in [0.29, 0.717) is 42.2 Å². The minimum Gasteiger partial charge on any atom is -0.337 e. The summed E-state index contributed by atoms with van der Waals surface area (Å²) in [5.41, 5.74) is 3.50. The van der Waals surface area contributed by atoms with Crippen molar-refractivity contribution < 1.29 is 9.59 Å². The van der Waals surface area contributed by atoms with E-state index in [1.54, 1.807) is 6.07 Å². The summed E-state index contributed by atoms with van der Waals surface area (Å²) >= 11 is 4.40. The largest absolute Gasteiger partial charge is 0.337 e. The molecular weight excluding hydrogens is 392 g/mol. The number of nitrogens with zero attached hydrogens (tertiary/aromatic N) is 2. The minimum atomic E-state index is -0.0258. The standard InChI is InChI=1S/C25H24N2O2S/c28-24(21-13-11-20(12-14-21)19-7-2-1-3-8-19)26-15-6-16-27(18-17-26)25(29)22-9-4-5-10-23(22)30/h1-5,7-14,30H,6,15-18H2. The molecule has 0 radical (unpaired) electrons. The van der Waals surface area contributed by atoms with Gasteiger partial charge in [0.2, 0.25) is 0 Å². The molecular formula is C25H24N2O2S. The van der Waals surface area contributed by atoms with Crippen molar-refractivity contribution in [1.82, 2.24) is 9.80 Å². The Morgan fingerprint density at radius 2 is 1.20 bits per heavy atom. The van der Waals surface area contributed by atoms with Crippen LogP contribution in [0.5, 0.6) is 0 Å². The van der Waals surface area contributed by atoms with Crippen LogP contribution in [-0.4, -0.2) is 47.8 Å². The predicted octanol–water partition coefficient (Wildman–Crippen LogP) is 4.63. The van der Waals surface area contributed by atoms with Crippen molar-refractivity contribution in [1.29, 1.82) is 0 Å². The van der Waals surface area contributed by atoms with Gasteiger partial charge in [-0.3, -0.25) is 9.59 Å². The molecule has 0 aliphatic carbocycles. The van der Waals surface area contributed by atoms with E-state index in [9.17, 15) is 9.59 Å². The van der Waals surface area contributed by atoms with E-state index in [2.05, 4.69) is 24.8 Å². The van der Waals surface area contributed by atoms with E-state index < -0.39 is 0 Å². The highest BCUT2D eigenvalue weighted by Gasteiger charge is 2.24. The molecule has 152 valence electrons. The van der Waals surface area contributed by atoms with Gasteiger partial charge in [-0.15, -0.1) is 12.6 Å². The summed E-state index contributed by atoms with van der Waals surface area (Å²) in [6.07, 6.45) is 0.758. The fourth-order valence-electron chi connectivity index (χ4n) is 3.77. The first-order chi connectivity index (χ1) is 14.6. The average Bonchev–Trinajstić information content (AvgIpc) is 3.06. The molecule has 1 saturated heterocycles. The minimum absolute atomic E-state index is 0.0125. The maximum Gasteiger partial charge on any atom is 0.255 e. The molecule has 0 atom stereocenters. The van der Waals surface area contributed by atoms with Gasteiger partial charge < -0.3 is 9.80 Å². The Kier molecular flexibility index (Phi) is 6.19. The first kappa shape index (κ1) is 20.2. The summed E-state index contributed by atoms with van der Waals surface area (Å²) in [6, 6.07) is 25.2. The molecule has 2 amide bonds. The molecule has 0 saturated carbocycles.